The third kappa shape index (κ3) is 3.09. The molecule has 1 saturated carbocycles. The lowest BCUT2D eigenvalue weighted by molar-refractivity contribution is 0.180. The van der Waals surface area contributed by atoms with E-state index >= 15 is 0 Å². The molecule has 3 nitrogen and oxygen atoms in total. The predicted molar refractivity (Wildman–Crippen MR) is 67.3 cm³/mol. The summed E-state index contributed by atoms with van der Waals surface area (Å²) in [6.07, 6.45) is 4.68. The van der Waals surface area contributed by atoms with E-state index < -0.39 is 10.1 Å². The monoisotopic (exact) mass is 272 g/mol. The third-order valence-corrected chi connectivity index (χ3v) is 4.22. The van der Waals surface area contributed by atoms with Gasteiger partial charge in [-0.05, 0) is 42.4 Å². The number of benzene rings is 1. The number of rotatable bonds is 5. The fourth-order valence-electron chi connectivity index (χ4n) is 2.49. The first-order chi connectivity index (χ1) is 8.41. The number of hydrogen-bond acceptors (Lipinski definition) is 3. The molecule has 1 aromatic rings. The van der Waals surface area contributed by atoms with E-state index in [9.17, 15) is 12.8 Å². The molecule has 0 aliphatic heterocycles. The zero-order chi connectivity index (χ0) is 13.2. The van der Waals surface area contributed by atoms with E-state index in [0.717, 1.165) is 31.1 Å². The Hall–Kier alpha value is -0.940. The van der Waals surface area contributed by atoms with Gasteiger partial charge in [-0.25, -0.2) is 4.39 Å². The molecule has 0 spiro atoms. The first-order valence-corrected chi connectivity index (χ1v) is 7.83. The van der Waals surface area contributed by atoms with Crippen molar-refractivity contribution >= 4 is 10.1 Å². The van der Waals surface area contributed by atoms with E-state index in [2.05, 4.69) is 0 Å². The van der Waals surface area contributed by atoms with Gasteiger partial charge < -0.3 is 0 Å². The van der Waals surface area contributed by atoms with Crippen LogP contribution in [0.3, 0.4) is 0 Å². The molecule has 0 atom stereocenters. The maximum atomic E-state index is 13.2. The Balaban J connectivity index is 2.07. The quantitative estimate of drug-likeness (QED) is 0.774. The van der Waals surface area contributed by atoms with Crippen LogP contribution < -0.4 is 0 Å². The molecule has 0 aromatic heterocycles. The van der Waals surface area contributed by atoms with Gasteiger partial charge in [-0.15, -0.1) is 0 Å². The Kier molecular flexibility index (Phi) is 3.73. The normalized spacial score (nSPS) is 18.3. The molecule has 1 aliphatic carbocycles. The van der Waals surface area contributed by atoms with Crippen molar-refractivity contribution in [3.63, 3.8) is 0 Å². The van der Waals surface area contributed by atoms with Crippen LogP contribution in [0.2, 0.25) is 0 Å². The summed E-state index contributed by atoms with van der Waals surface area (Å²) in [5, 5.41) is 0. The van der Waals surface area contributed by atoms with Crippen LogP contribution in [-0.2, 0) is 19.7 Å². The van der Waals surface area contributed by atoms with Gasteiger partial charge in [0, 0.05) is 0 Å². The van der Waals surface area contributed by atoms with Crippen molar-refractivity contribution in [1.29, 1.82) is 0 Å². The van der Waals surface area contributed by atoms with Crippen molar-refractivity contribution in [2.45, 2.75) is 31.1 Å². The van der Waals surface area contributed by atoms with Crippen LogP contribution in [0.5, 0.6) is 0 Å². The number of halogens is 1. The number of hydrogen-bond donors (Lipinski definition) is 0. The summed E-state index contributed by atoms with van der Waals surface area (Å²) in [7, 11) is -3.40. The fourth-order valence-corrected chi connectivity index (χ4v) is 2.88. The Morgan fingerprint density at radius 3 is 2.61 bits per heavy atom. The lowest BCUT2D eigenvalue weighted by Gasteiger charge is -2.42. The minimum atomic E-state index is -3.40. The summed E-state index contributed by atoms with van der Waals surface area (Å²) in [5.74, 6) is -0.247. The van der Waals surface area contributed by atoms with Crippen LogP contribution in [0.4, 0.5) is 4.39 Å². The van der Waals surface area contributed by atoms with Gasteiger partial charge in [-0.1, -0.05) is 18.6 Å². The summed E-state index contributed by atoms with van der Waals surface area (Å²) in [4.78, 5) is 0. The van der Waals surface area contributed by atoms with Crippen molar-refractivity contribution in [3.8, 4) is 0 Å². The molecule has 5 heteroatoms. The van der Waals surface area contributed by atoms with Crippen molar-refractivity contribution < 1.29 is 17.0 Å². The first-order valence-electron chi connectivity index (χ1n) is 6.02. The SMILES string of the molecule is CS(=O)(=O)OCCC1(c2cccc(F)c2)CCC1. The van der Waals surface area contributed by atoms with Gasteiger partial charge in [0.15, 0.2) is 0 Å². The van der Waals surface area contributed by atoms with E-state index in [4.69, 9.17) is 4.18 Å². The van der Waals surface area contributed by atoms with E-state index in [1.54, 1.807) is 12.1 Å². The van der Waals surface area contributed by atoms with Gasteiger partial charge in [0.2, 0.25) is 0 Å². The zero-order valence-corrected chi connectivity index (χ0v) is 11.2. The van der Waals surface area contributed by atoms with Crippen LogP contribution >= 0.6 is 0 Å². The van der Waals surface area contributed by atoms with E-state index in [-0.39, 0.29) is 17.8 Å². The highest BCUT2D eigenvalue weighted by Crippen LogP contribution is 2.46. The molecule has 0 amide bonds. The van der Waals surface area contributed by atoms with Gasteiger partial charge in [0.05, 0.1) is 12.9 Å². The maximum Gasteiger partial charge on any atom is 0.264 e. The second-order valence-corrected chi connectivity index (χ2v) is 6.56. The molecule has 0 heterocycles. The van der Waals surface area contributed by atoms with Gasteiger partial charge in [0.25, 0.3) is 10.1 Å². The lowest BCUT2D eigenvalue weighted by Crippen LogP contribution is -2.35. The second-order valence-electron chi connectivity index (χ2n) is 4.92. The molecule has 100 valence electrons. The minimum absolute atomic E-state index is 0.104. The molecule has 0 radical (unpaired) electrons. The van der Waals surface area contributed by atoms with Gasteiger partial charge in [-0.2, -0.15) is 8.42 Å². The summed E-state index contributed by atoms with van der Waals surface area (Å²) in [5.41, 5.74) is 0.845. The molecule has 0 saturated heterocycles. The predicted octanol–water partition coefficient (Wildman–Crippen LogP) is 2.61. The zero-order valence-electron chi connectivity index (χ0n) is 10.4. The molecular formula is C13H17FO3S. The van der Waals surface area contributed by atoms with Gasteiger partial charge in [0.1, 0.15) is 5.82 Å². The van der Waals surface area contributed by atoms with Crippen molar-refractivity contribution in [2.75, 3.05) is 12.9 Å². The maximum absolute atomic E-state index is 13.2. The van der Waals surface area contributed by atoms with Crippen LogP contribution in [0.25, 0.3) is 0 Å². The molecule has 1 aromatic carbocycles. The average molecular weight is 272 g/mol. The highest BCUT2D eigenvalue weighted by atomic mass is 32.2. The molecule has 1 aliphatic rings. The topological polar surface area (TPSA) is 43.4 Å². The first kappa shape index (κ1) is 13.5. The minimum Gasteiger partial charge on any atom is -0.270 e. The third-order valence-electron chi connectivity index (χ3n) is 3.63. The molecule has 0 unspecified atom stereocenters. The molecular weight excluding hydrogens is 255 g/mol. The Labute approximate surface area is 107 Å². The van der Waals surface area contributed by atoms with E-state index in [0.29, 0.717) is 6.42 Å². The van der Waals surface area contributed by atoms with Crippen LogP contribution in [0, 0.1) is 5.82 Å². The van der Waals surface area contributed by atoms with Crippen LogP contribution in [-0.4, -0.2) is 21.3 Å². The highest BCUT2D eigenvalue weighted by molar-refractivity contribution is 7.85. The summed E-state index contributed by atoms with van der Waals surface area (Å²) in [6, 6.07) is 6.56. The lowest BCUT2D eigenvalue weighted by atomic mass is 9.63. The van der Waals surface area contributed by atoms with E-state index in [1.165, 1.54) is 6.07 Å². The fraction of sp³-hybridized carbons (Fsp3) is 0.538. The largest absolute Gasteiger partial charge is 0.270 e. The Bertz CT molecular complexity index is 521. The molecule has 0 N–H and O–H groups in total. The summed E-state index contributed by atoms with van der Waals surface area (Å²) >= 11 is 0. The van der Waals surface area contributed by atoms with Gasteiger partial charge >= 0.3 is 0 Å². The molecule has 1 fully saturated rings. The van der Waals surface area contributed by atoms with E-state index in [1.807, 2.05) is 6.07 Å². The molecule has 0 bridgehead atoms. The highest BCUT2D eigenvalue weighted by Gasteiger charge is 2.38. The van der Waals surface area contributed by atoms with Crippen LogP contribution in [0.15, 0.2) is 24.3 Å². The smallest absolute Gasteiger partial charge is 0.264 e. The van der Waals surface area contributed by atoms with Crippen LogP contribution in [0.1, 0.15) is 31.2 Å². The second kappa shape index (κ2) is 4.97. The van der Waals surface area contributed by atoms with Crippen molar-refractivity contribution in [2.24, 2.45) is 0 Å². The average Bonchev–Trinajstić information content (AvgIpc) is 2.20. The van der Waals surface area contributed by atoms with Crippen molar-refractivity contribution in [1.82, 2.24) is 0 Å². The summed E-state index contributed by atoms with van der Waals surface area (Å²) in [6.45, 7) is 0.162. The molecule has 18 heavy (non-hydrogen) atoms. The summed E-state index contributed by atoms with van der Waals surface area (Å²) < 4.78 is 39.9. The van der Waals surface area contributed by atoms with Gasteiger partial charge in [-0.3, -0.25) is 4.18 Å². The standard InChI is InChI=1S/C13H17FO3S/c1-18(15,16)17-9-8-13(6-3-7-13)11-4-2-5-12(14)10-11/h2,4-5,10H,3,6-9H2,1H3. The van der Waals surface area contributed by atoms with Crippen molar-refractivity contribution in [3.05, 3.63) is 35.6 Å². The Morgan fingerprint density at radius 1 is 1.39 bits per heavy atom. The molecule has 2 rings (SSSR count). The Morgan fingerprint density at radius 2 is 2.11 bits per heavy atom.